The van der Waals surface area contributed by atoms with Crippen LogP contribution in [0, 0.1) is 19.3 Å². The molecule has 1 fully saturated rings. The summed E-state index contributed by atoms with van der Waals surface area (Å²) >= 11 is 2.11. The molecule has 122 valence electrons. The van der Waals surface area contributed by atoms with Gasteiger partial charge in [0.05, 0.1) is 5.69 Å². The smallest absolute Gasteiger partial charge is 0.0731 e. The van der Waals surface area contributed by atoms with Crippen molar-refractivity contribution < 1.29 is 0 Å². The Morgan fingerprint density at radius 3 is 2.43 bits per heavy atom. The number of pyridine rings is 1. The van der Waals surface area contributed by atoms with Crippen molar-refractivity contribution in [1.29, 1.82) is 0 Å². The molecule has 0 radical (unpaired) electrons. The summed E-state index contributed by atoms with van der Waals surface area (Å²) in [6.07, 6.45) is 7.22. The molecule has 0 atom stereocenters. The molecular weight excluding hydrogens is 298 g/mol. The van der Waals surface area contributed by atoms with Crippen LogP contribution in [0.5, 0.6) is 0 Å². The molecule has 0 bridgehead atoms. The van der Waals surface area contributed by atoms with Crippen molar-refractivity contribution in [2.24, 2.45) is 5.41 Å². The van der Waals surface area contributed by atoms with Crippen LogP contribution >= 0.6 is 11.8 Å². The van der Waals surface area contributed by atoms with Gasteiger partial charge in [0.1, 0.15) is 0 Å². The first-order valence-electron chi connectivity index (χ1n) is 8.66. The molecule has 0 unspecified atom stereocenters. The van der Waals surface area contributed by atoms with Crippen LogP contribution in [0.2, 0.25) is 0 Å². The molecule has 1 nitrogen and oxygen atoms in total. The zero-order valence-electron chi connectivity index (χ0n) is 14.6. The Kier molecular flexibility index (Phi) is 5.11. The van der Waals surface area contributed by atoms with Gasteiger partial charge in [0.15, 0.2) is 0 Å². The van der Waals surface area contributed by atoms with Crippen LogP contribution in [-0.4, -0.2) is 16.5 Å². The summed E-state index contributed by atoms with van der Waals surface area (Å²) in [4.78, 5) is 4.61. The molecule has 3 rings (SSSR count). The Morgan fingerprint density at radius 2 is 1.78 bits per heavy atom. The Balaban J connectivity index is 1.67. The zero-order valence-corrected chi connectivity index (χ0v) is 15.4. The van der Waals surface area contributed by atoms with E-state index in [1.54, 1.807) is 0 Å². The lowest BCUT2D eigenvalue weighted by molar-refractivity contribution is 0.272. The van der Waals surface area contributed by atoms with Gasteiger partial charge in [-0.25, -0.2) is 0 Å². The minimum atomic E-state index is 0.555. The van der Waals surface area contributed by atoms with Crippen molar-refractivity contribution in [2.45, 2.75) is 46.5 Å². The van der Waals surface area contributed by atoms with Crippen molar-refractivity contribution in [1.82, 2.24) is 4.98 Å². The molecule has 0 amide bonds. The van der Waals surface area contributed by atoms with E-state index in [0.717, 1.165) is 5.69 Å². The topological polar surface area (TPSA) is 12.9 Å². The van der Waals surface area contributed by atoms with Crippen molar-refractivity contribution in [3.8, 4) is 11.3 Å². The van der Waals surface area contributed by atoms with Crippen LogP contribution < -0.4 is 0 Å². The number of thioether (sulfide) groups is 1. The summed E-state index contributed by atoms with van der Waals surface area (Å²) < 4.78 is 0. The molecule has 1 saturated heterocycles. The monoisotopic (exact) mass is 325 g/mol. The van der Waals surface area contributed by atoms with E-state index >= 15 is 0 Å². The predicted octanol–water partition coefficient (Wildman–Crippen LogP) is 5.83. The van der Waals surface area contributed by atoms with Crippen LogP contribution in [0.3, 0.4) is 0 Å². The van der Waals surface area contributed by atoms with Crippen LogP contribution in [0.15, 0.2) is 36.5 Å². The van der Waals surface area contributed by atoms with Gasteiger partial charge >= 0.3 is 0 Å². The van der Waals surface area contributed by atoms with Gasteiger partial charge < -0.3 is 0 Å². The molecule has 2 heteroatoms. The zero-order chi connectivity index (χ0) is 16.3. The summed E-state index contributed by atoms with van der Waals surface area (Å²) in [5.41, 5.74) is 6.83. The Morgan fingerprint density at radius 1 is 1.09 bits per heavy atom. The number of nitrogens with zero attached hydrogens (tertiary/aromatic N) is 1. The largest absolute Gasteiger partial charge is 0.256 e. The van der Waals surface area contributed by atoms with Gasteiger partial charge in [-0.2, -0.15) is 11.8 Å². The minimum absolute atomic E-state index is 0.555. The van der Waals surface area contributed by atoms with Gasteiger partial charge in [-0.3, -0.25) is 4.98 Å². The van der Waals surface area contributed by atoms with Crippen molar-refractivity contribution in [3.63, 3.8) is 0 Å². The van der Waals surface area contributed by atoms with Crippen LogP contribution in [0.1, 0.15) is 42.9 Å². The first-order chi connectivity index (χ1) is 11.1. The molecule has 1 aliphatic heterocycles. The van der Waals surface area contributed by atoms with Gasteiger partial charge in [-0.05, 0) is 73.1 Å². The highest BCUT2D eigenvalue weighted by Gasteiger charge is 2.26. The average Bonchev–Trinajstić information content (AvgIpc) is 2.54. The Labute approximate surface area is 144 Å². The van der Waals surface area contributed by atoms with Crippen LogP contribution in [0.4, 0.5) is 0 Å². The number of aromatic nitrogens is 1. The van der Waals surface area contributed by atoms with E-state index in [-0.39, 0.29) is 0 Å². The summed E-state index contributed by atoms with van der Waals surface area (Å²) in [6, 6.07) is 11.3. The van der Waals surface area contributed by atoms with Crippen molar-refractivity contribution in [2.75, 3.05) is 11.5 Å². The molecule has 0 spiro atoms. The third kappa shape index (κ3) is 4.17. The lowest BCUT2D eigenvalue weighted by Gasteiger charge is -2.33. The maximum Gasteiger partial charge on any atom is 0.0731 e. The molecular formula is C21H27NS. The molecule has 1 aromatic carbocycles. The third-order valence-corrected chi connectivity index (χ3v) is 6.15. The van der Waals surface area contributed by atoms with Crippen molar-refractivity contribution >= 4 is 11.8 Å². The van der Waals surface area contributed by atoms with E-state index in [4.69, 9.17) is 0 Å². The lowest BCUT2D eigenvalue weighted by atomic mass is 9.79. The molecule has 1 aliphatic rings. The highest BCUT2D eigenvalue weighted by molar-refractivity contribution is 7.99. The highest BCUT2D eigenvalue weighted by atomic mass is 32.2. The number of aryl methyl sites for hydroxylation is 3. The third-order valence-electron chi connectivity index (χ3n) is 5.16. The van der Waals surface area contributed by atoms with Gasteiger partial charge in [-0.15, -0.1) is 0 Å². The first-order valence-corrected chi connectivity index (χ1v) is 9.82. The second kappa shape index (κ2) is 7.09. The molecule has 0 aliphatic carbocycles. The van der Waals surface area contributed by atoms with E-state index in [0.29, 0.717) is 5.41 Å². The normalized spacial score (nSPS) is 17.2. The molecule has 0 N–H and O–H groups in total. The maximum atomic E-state index is 4.61. The van der Waals surface area contributed by atoms with E-state index in [1.165, 1.54) is 59.4 Å². The predicted molar refractivity (Wildman–Crippen MR) is 102 cm³/mol. The second-order valence-electron chi connectivity index (χ2n) is 7.30. The van der Waals surface area contributed by atoms with E-state index in [9.17, 15) is 0 Å². The SMILES string of the molecule is Cc1cnc(-c2ccc(CCC3(C)CCSCC3)cc2)c(C)c1. The molecule has 23 heavy (non-hydrogen) atoms. The number of benzene rings is 1. The van der Waals surface area contributed by atoms with Crippen LogP contribution in [-0.2, 0) is 6.42 Å². The fraction of sp³-hybridized carbons (Fsp3) is 0.476. The standard InChI is InChI=1S/C21H27NS/c1-16-14-17(2)20(22-15-16)19-6-4-18(5-7-19)8-9-21(3)10-12-23-13-11-21/h4-7,14-15H,8-13H2,1-3H3. The summed E-state index contributed by atoms with van der Waals surface area (Å²) in [5.74, 6) is 2.68. The molecule has 2 heterocycles. The fourth-order valence-corrected chi connectivity index (χ4v) is 4.89. The lowest BCUT2D eigenvalue weighted by Crippen LogP contribution is -2.23. The van der Waals surface area contributed by atoms with Gasteiger partial charge in [0, 0.05) is 11.8 Å². The maximum absolute atomic E-state index is 4.61. The highest BCUT2D eigenvalue weighted by Crippen LogP contribution is 2.38. The summed E-state index contributed by atoms with van der Waals surface area (Å²) in [7, 11) is 0. The molecule has 1 aromatic heterocycles. The van der Waals surface area contributed by atoms with Gasteiger partial charge in [-0.1, -0.05) is 37.3 Å². The second-order valence-corrected chi connectivity index (χ2v) is 8.52. The van der Waals surface area contributed by atoms with E-state index in [1.807, 2.05) is 6.20 Å². The van der Waals surface area contributed by atoms with E-state index in [2.05, 4.69) is 67.8 Å². The minimum Gasteiger partial charge on any atom is -0.256 e. The number of hydrogen-bond acceptors (Lipinski definition) is 2. The van der Waals surface area contributed by atoms with E-state index < -0.39 is 0 Å². The fourth-order valence-electron chi connectivity index (χ4n) is 3.41. The quantitative estimate of drug-likeness (QED) is 0.701. The van der Waals surface area contributed by atoms with Crippen LogP contribution in [0.25, 0.3) is 11.3 Å². The van der Waals surface area contributed by atoms with Crippen molar-refractivity contribution in [3.05, 3.63) is 53.2 Å². The number of rotatable bonds is 4. The van der Waals surface area contributed by atoms with Gasteiger partial charge in [0.2, 0.25) is 0 Å². The van der Waals surface area contributed by atoms with Gasteiger partial charge in [0.25, 0.3) is 0 Å². The Hall–Kier alpha value is -1.28. The number of hydrogen-bond donors (Lipinski definition) is 0. The average molecular weight is 326 g/mol. The molecule has 2 aromatic rings. The summed E-state index contributed by atoms with van der Waals surface area (Å²) in [5, 5.41) is 0. The first kappa shape index (κ1) is 16.6. The molecule has 0 saturated carbocycles. The summed E-state index contributed by atoms with van der Waals surface area (Å²) in [6.45, 7) is 6.71. The Bertz CT molecular complexity index is 654.